The number of hydrogen-bond donors (Lipinski definition) is 0. The first kappa shape index (κ1) is 15.9. The lowest BCUT2D eigenvalue weighted by Crippen LogP contribution is -1.96. The highest BCUT2D eigenvalue weighted by Gasteiger charge is 2.17. The van der Waals surface area contributed by atoms with Crippen molar-refractivity contribution in [2.24, 2.45) is 0 Å². The number of ether oxygens (including phenoxy) is 3. The standard InChI is InChI=1S/C20H18O4/c1-22-14-8-9-15(13(10-14)12-21)18-11-19(23-2)16-6-4-5-7-17(16)20(18)24-3/h4-12H,1-3H3. The number of hydrogen-bond acceptors (Lipinski definition) is 4. The van der Waals surface area contributed by atoms with Crippen LogP contribution in [-0.4, -0.2) is 27.6 Å². The zero-order valence-electron chi connectivity index (χ0n) is 13.8. The summed E-state index contributed by atoms with van der Waals surface area (Å²) in [5.41, 5.74) is 2.11. The fourth-order valence-corrected chi connectivity index (χ4v) is 2.91. The molecule has 0 atom stereocenters. The summed E-state index contributed by atoms with van der Waals surface area (Å²) in [5.74, 6) is 2.07. The summed E-state index contributed by atoms with van der Waals surface area (Å²) in [6, 6.07) is 15.1. The Hall–Kier alpha value is -3.01. The van der Waals surface area contributed by atoms with Crippen LogP contribution < -0.4 is 14.2 Å². The predicted molar refractivity (Wildman–Crippen MR) is 94.4 cm³/mol. The molecule has 0 fully saturated rings. The van der Waals surface area contributed by atoms with Gasteiger partial charge in [0.05, 0.1) is 21.3 Å². The molecule has 0 aromatic heterocycles. The van der Waals surface area contributed by atoms with Crippen LogP contribution in [0.3, 0.4) is 0 Å². The predicted octanol–water partition coefficient (Wildman–Crippen LogP) is 4.35. The zero-order chi connectivity index (χ0) is 17.1. The Kier molecular flexibility index (Phi) is 4.38. The van der Waals surface area contributed by atoms with E-state index in [1.807, 2.05) is 42.5 Å². The largest absolute Gasteiger partial charge is 0.497 e. The molecule has 3 rings (SSSR count). The van der Waals surface area contributed by atoms with E-state index >= 15 is 0 Å². The van der Waals surface area contributed by atoms with Crippen molar-refractivity contribution in [3.63, 3.8) is 0 Å². The second-order valence-electron chi connectivity index (χ2n) is 5.28. The maximum Gasteiger partial charge on any atom is 0.150 e. The van der Waals surface area contributed by atoms with Crippen molar-refractivity contribution in [1.29, 1.82) is 0 Å². The van der Waals surface area contributed by atoms with E-state index < -0.39 is 0 Å². The maximum atomic E-state index is 11.6. The van der Waals surface area contributed by atoms with Gasteiger partial charge >= 0.3 is 0 Å². The minimum atomic E-state index is 0.532. The van der Waals surface area contributed by atoms with Crippen molar-refractivity contribution in [1.82, 2.24) is 0 Å². The lowest BCUT2D eigenvalue weighted by atomic mass is 9.95. The van der Waals surface area contributed by atoms with E-state index in [1.165, 1.54) is 0 Å². The molecule has 0 spiro atoms. The van der Waals surface area contributed by atoms with Gasteiger partial charge < -0.3 is 14.2 Å². The van der Waals surface area contributed by atoms with Gasteiger partial charge in [-0.25, -0.2) is 0 Å². The number of aldehydes is 1. The van der Waals surface area contributed by atoms with E-state index in [1.54, 1.807) is 27.4 Å². The van der Waals surface area contributed by atoms with Crippen LogP contribution in [0.5, 0.6) is 17.2 Å². The van der Waals surface area contributed by atoms with Crippen molar-refractivity contribution < 1.29 is 19.0 Å². The van der Waals surface area contributed by atoms with Gasteiger partial charge in [-0.1, -0.05) is 24.3 Å². The number of carbonyl (C=O) groups excluding carboxylic acids is 1. The third-order valence-corrected chi connectivity index (χ3v) is 4.06. The molecule has 0 amide bonds. The first-order valence-corrected chi connectivity index (χ1v) is 7.50. The lowest BCUT2D eigenvalue weighted by molar-refractivity contribution is 0.112. The normalized spacial score (nSPS) is 10.5. The molecule has 0 bridgehead atoms. The van der Waals surface area contributed by atoms with Gasteiger partial charge in [-0.05, 0) is 29.8 Å². The third kappa shape index (κ3) is 2.56. The Balaban J connectivity index is 2.36. The van der Waals surface area contributed by atoms with E-state index in [0.29, 0.717) is 17.1 Å². The van der Waals surface area contributed by atoms with E-state index in [-0.39, 0.29) is 0 Å². The number of benzene rings is 3. The summed E-state index contributed by atoms with van der Waals surface area (Å²) in [6.45, 7) is 0. The monoisotopic (exact) mass is 322 g/mol. The Bertz CT molecular complexity index is 900. The van der Waals surface area contributed by atoms with Crippen LogP contribution in [0.25, 0.3) is 21.9 Å². The molecule has 0 aliphatic rings. The molecule has 0 saturated carbocycles. The maximum absolute atomic E-state index is 11.6. The van der Waals surface area contributed by atoms with Gasteiger partial charge in [0.15, 0.2) is 6.29 Å². The van der Waals surface area contributed by atoms with Crippen molar-refractivity contribution in [3.8, 4) is 28.4 Å². The fraction of sp³-hybridized carbons (Fsp3) is 0.150. The average molecular weight is 322 g/mol. The molecule has 0 aliphatic heterocycles. The molecular weight excluding hydrogens is 304 g/mol. The van der Waals surface area contributed by atoms with Crippen LogP contribution in [0.15, 0.2) is 48.5 Å². The molecule has 0 aliphatic carbocycles. The second kappa shape index (κ2) is 6.62. The molecule has 24 heavy (non-hydrogen) atoms. The van der Waals surface area contributed by atoms with E-state index in [4.69, 9.17) is 14.2 Å². The molecule has 4 nitrogen and oxygen atoms in total. The molecule has 0 saturated heterocycles. The van der Waals surface area contributed by atoms with Crippen LogP contribution in [0.1, 0.15) is 10.4 Å². The SMILES string of the molecule is COc1ccc(-c2cc(OC)c3ccccc3c2OC)c(C=O)c1. The van der Waals surface area contributed by atoms with Gasteiger partial charge in [0.2, 0.25) is 0 Å². The first-order valence-electron chi connectivity index (χ1n) is 7.50. The minimum Gasteiger partial charge on any atom is -0.497 e. The molecule has 3 aromatic carbocycles. The van der Waals surface area contributed by atoms with E-state index in [0.717, 1.165) is 33.9 Å². The minimum absolute atomic E-state index is 0.532. The molecule has 0 heterocycles. The van der Waals surface area contributed by atoms with Gasteiger partial charge in [-0.15, -0.1) is 0 Å². The number of carbonyl (C=O) groups is 1. The first-order chi connectivity index (χ1) is 11.7. The van der Waals surface area contributed by atoms with Gasteiger partial charge in [0.1, 0.15) is 17.2 Å². The van der Waals surface area contributed by atoms with Crippen LogP contribution in [0.2, 0.25) is 0 Å². The van der Waals surface area contributed by atoms with E-state index in [9.17, 15) is 4.79 Å². The summed E-state index contributed by atoms with van der Waals surface area (Å²) < 4.78 is 16.4. The highest BCUT2D eigenvalue weighted by Crippen LogP contribution is 2.43. The van der Waals surface area contributed by atoms with Crippen LogP contribution in [0.4, 0.5) is 0 Å². The quantitative estimate of drug-likeness (QED) is 0.655. The van der Waals surface area contributed by atoms with E-state index in [2.05, 4.69) is 0 Å². The molecule has 0 radical (unpaired) electrons. The molecule has 122 valence electrons. The molecular formula is C20H18O4. The summed E-state index contributed by atoms with van der Waals surface area (Å²) in [4.78, 5) is 11.6. The Labute approximate surface area is 140 Å². The Morgan fingerprint density at radius 1 is 0.792 bits per heavy atom. The van der Waals surface area contributed by atoms with Gasteiger partial charge in [-0.3, -0.25) is 4.79 Å². The molecule has 0 unspecified atom stereocenters. The average Bonchev–Trinajstić information content (AvgIpc) is 2.66. The highest BCUT2D eigenvalue weighted by molar-refractivity contribution is 6.01. The highest BCUT2D eigenvalue weighted by atomic mass is 16.5. The Morgan fingerprint density at radius 2 is 1.54 bits per heavy atom. The van der Waals surface area contributed by atoms with Crippen LogP contribution >= 0.6 is 0 Å². The lowest BCUT2D eigenvalue weighted by Gasteiger charge is -2.16. The van der Waals surface area contributed by atoms with Crippen LogP contribution in [-0.2, 0) is 0 Å². The molecule has 0 N–H and O–H groups in total. The summed E-state index contributed by atoms with van der Waals surface area (Å²) in [5, 5.41) is 1.89. The topological polar surface area (TPSA) is 44.8 Å². The zero-order valence-corrected chi connectivity index (χ0v) is 13.8. The second-order valence-corrected chi connectivity index (χ2v) is 5.28. The Morgan fingerprint density at radius 3 is 2.17 bits per heavy atom. The fourth-order valence-electron chi connectivity index (χ4n) is 2.91. The number of fused-ring (bicyclic) bond motifs is 1. The number of rotatable bonds is 5. The smallest absolute Gasteiger partial charge is 0.150 e. The summed E-state index contributed by atoms with van der Waals surface area (Å²) in [7, 11) is 4.83. The van der Waals surface area contributed by atoms with Gasteiger partial charge in [0.25, 0.3) is 0 Å². The van der Waals surface area contributed by atoms with Crippen molar-refractivity contribution in [2.75, 3.05) is 21.3 Å². The van der Waals surface area contributed by atoms with Gasteiger partial charge in [-0.2, -0.15) is 0 Å². The molecule has 3 aromatic rings. The van der Waals surface area contributed by atoms with Gasteiger partial charge in [0, 0.05) is 21.9 Å². The van der Waals surface area contributed by atoms with Crippen LogP contribution in [0, 0.1) is 0 Å². The molecule has 4 heteroatoms. The van der Waals surface area contributed by atoms with Crippen molar-refractivity contribution in [2.45, 2.75) is 0 Å². The third-order valence-electron chi connectivity index (χ3n) is 4.06. The number of methoxy groups -OCH3 is 3. The summed E-state index contributed by atoms with van der Waals surface area (Å²) in [6.07, 6.45) is 0.818. The summed E-state index contributed by atoms with van der Waals surface area (Å²) >= 11 is 0. The van der Waals surface area contributed by atoms with Crippen molar-refractivity contribution in [3.05, 3.63) is 54.1 Å². The van der Waals surface area contributed by atoms with Crippen molar-refractivity contribution >= 4 is 17.1 Å².